The Morgan fingerprint density at radius 3 is 2.86 bits per heavy atom. The zero-order valence-corrected chi connectivity index (χ0v) is 7.96. The van der Waals surface area contributed by atoms with Gasteiger partial charge in [0.25, 0.3) is 0 Å². The van der Waals surface area contributed by atoms with Crippen LogP contribution in [0.1, 0.15) is 27.9 Å². The van der Waals surface area contributed by atoms with Crippen LogP contribution in [0.15, 0.2) is 12.1 Å². The van der Waals surface area contributed by atoms with Crippen LogP contribution in [-0.2, 0) is 11.2 Å². The maximum atomic E-state index is 11.2. The van der Waals surface area contributed by atoms with Crippen LogP contribution >= 0.6 is 0 Å². The molecule has 72 valence electrons. The molecule has 2 rings (SSSR count). The minimum Gasteiger partial charge on any atom is -0.326 e. The van der Waals surface area contributed by atoms with E-state index in [9.17, 15) is 9.59 Å². The lowest BCUT2D eigenvalue weighted by Crippen LogP contribution is -2.21. The van der Waals surface area contributed by atoms with E-state index in [1.807, 2.05) is 13.0 Å². The highest BCUT2D eigenvalue weighted by atomic mass is 16.1. The molecule has 1 amide bonds. The Bertz CT molecular complexity index is 410. The standard InChI is InChI=1S/C11H11NO2/c1-7-2-3-8(6-13)9-4-5-10(14)12-11(7)9/h2-3,6H,4-5H2,1H3,(H,12,14). The van der Waals surface area contributed by atoms with Crippen LogP contribution in [0.5, 0.6) is 0 Å². The number of benzene rings is 1. The molecule has 0 radical (unpaired) electrons. The molecule has 3 heteroatoms. The number of rotatable bonds is 1. The van der Waals surface area contributed by atoms with Gasteiger partial charge in [0.1, 0.15) is 6.29 Å². The average Bonchev–Trinajstić information content (AvgIpc) is 2.19. The Balaban J connectivity index is 2.59. The Kier molecular flexibility index (Phi) is 2.08. The van der Waals surface area contributed by atoms with Crippen molar-refractivity contribution in [2.24, 2.45) is 0 Å². The molecule has 0 saturated heterocycles. The first-order valence-corrected chi connectivity index (χ1v) is 4.60. The number of hydrogen-bond donors (Lipinski definition) is 1. The highest BCUT2D eigenvalue weighted by Crippen LogP contribution is 2.28. The van der Waals surface area contributed by atoms with Crippen molar-refractivity contribution in [3.8, 4) is 0 Å². The van der Waals surface area contributed by atoms with Gasteiger partial charge < -0.3 is 5.32 Å². The van der Waals surface area contributed by atoms with Crippen molar-refractivity contribution in [3.63, 3.8) is 0 Å². The largest absolute Gasteiger partial charge is 0.326 e. The molecule has 3 nitrogen and oxygen atoms in total. The van der Waals surface area contributed by atoms with Crippen LogP contribution in [-0.4, -0.2) is 12.2 Å². The Morgan fingerprint density at radius 1 is 1.36 bits per heavy atom. The molecule has 1 aliphatic heterocycles. The summed E-state index contributed by atoms with van der Waals surface area (Å²) in [5.41, 5.74) is 3.50. The van der Waals surface area contributed by atoms with Crippen LogP contribution in [0.4, 0.5) is 5.69 Å². The van der Waals surface area contributed by atoms with Crippen LogP contribution in [0.25, 0.3) is 0 Å². The molecule has 1 heterocycles. The van der Waals surface area contributed by atoms with E-state index in [1.165, 1.54) is 0 Å². The molecular weight excluding hydrogens is 178 g/mol. The lowest BCUT2D eigenvalue weighted by atomic mass is 9.95. The summed E-state index contributed by atoms with van der Waals surface area (Å²) >= 11 is 0. The minimum absolute atomic E-state index is 0.0312. The van der Waals surface area contributed by atoms with Gasteiger partial charge in [0, 0.05) is 17.7 Å². The summed E-state index contributed by atoms with van der Waals surface area (Å²) in [5, 5.41) is 2.81. The summed E-state index contributed by atoms with van der Waals surface area (Å²) in [6, 6.07) is 3.66. The number of amides is 1. The normalized spacial score (nSPS) is 14.5. The third-order valence-electron chi connectivity index (χ3n) is 2.55. The van der Waals surface area contributed by atoms with Gasteiger partial charge in [0.05, 0.1) is 0 Å². The topological polar surface area (TPSA) is 46.2 Å². The van der Waals surface area contributed by atoms with E-state index < -0.39 is 0 Å². The maximum Gasteiger partial charge on any atom is 0.224 e. The molecule has 1 aromatic rings. The van der Waals surface area contributed by atoms with E-state index in [1.54, 1.807) is 6.07 Å². The average molecular weight is 189 g/mol. The summed E-state index contributed by atoms with van der Waals surface area (Å²) in [7, 11) is 0. The quantitative estimate of drug-likeness (QED) is 0.683. The number of aldehydes is 1. The second kappa shape index (κ2) is 3.25. The van der Waals surface area contributed by atoms with Crippen molar-refractivity contribution in [3.05, 3.63) is 28.8 Å². The number of anilines is 1. The Hall–Kier alpha value is -1.64. The summed E-state index contributed by atoms with van der Waals surface area (Å²) < 4.78 is 0. The lowest BCUT2D eigenvalue weighted by Gasteiger charge is -2.20. The predicted octanol–water partition coefficient (Wildman–Crippen LogP) is 1.69. The minimum atomic E-state index is 0.0312. The molecule has 0 saturated carbocycles. The van der Waals surface area contributed by atoms with Crippen molar-refractivity contribution < 1.29 is 9.59 Å². The molecule has 0 bridgehead atoms. The monoisotopic (exact) mass is 189 g/mol. The highest BCUT2D eigenvalue weighted by Gasteiger charge is 2.18. The molecule has 1 N–H and O–H groups in total. The first-order chi connectivity index (χ1) is 6.72. The number of carbonyl (C=O) groups is 2. The van der Waals surface area contributed by atoms with Gasteiger partial charge in [-0.1, -0.05) is 12.1 Å². The second-order valence-corrected chi connectivity index (χ2v) is 3.49. The molecule has 0 aliphatic carbocycles. The summed E-state index contributed by atoms with van der Waals surface area (Å²) in [6.45, 7) is 1.93. The summed E-state index contributed by atoms with van der Waals surface area (Å²) in [4.78, 5) is 21.9. The van der Waals surface area contributed by atoms with Crippen LogP contribution in [0.3, 0.4) is 0 Å². The van der Waals surface area contributed by atoms with E-state index in [0.29, 0.717) is 18.4 Å². The van der Waals surface area contributed by atoms with Crippen molar-refractivity contribution in [1.82, 2.24) is 0 Å². The zero-order chi connectivity index (χ0) is 10.1. The predicted molar refractivity (Wildman–Crippen MR) is 53.5 cm³/mol. The third kappa shape index (κ3) is 1.31. The van der Waals surface area contributed by atoms with Crippen molar-refractivity contribution in [2.45, 2.75) is 19.8 Å². The summed E-state index contributed by atoms with van der Waals surface area (Å²) in [6.07, 6.45) is 1.98. The molecule has 1 aliphatic rings. The van der Waals surface area contributed by atoms with Gasteiger partial charge in [-0.2, -0.15) is 0 Å². The number of hydrogen-bond acceptors (Lipinski definition) is 2. The third-order valence-corrected chi connectivity index (χ3v) is 2.55. The van der Waals surface area contributed by atoms with Gasteiger partial charge in [-0.25, -0.2) is 0 Å². The number of aryl methyl sites for hydroxylation is 1. The van der Waals surface area contributed by atoms with E-state index in [0.717, 1.165) is 23.1 Å². The van der Waals surface area contributed by atoms with Crippen LogP contribution in [0.2, 0.25) is 0 Å². The molecule has 14 heavy (non-hydrogen) atoms. The first-order valence-electron chi connectivity index (χ1n) is 4.60. The van der Waals surface area contributed by atoms with Crippen molar-refractivity contribution >= 4 is 17.9 Å². The molecule has 0 atom stereocenters. The second-order valence-electron chi connectivity index (χ2n) is 3.49. The van der Waals surface area contributed by atoms with Gasteiger partial charge in [-0.3, -0.25) is 9.59 Å². The van der Waals surface area contributed by atoms with E-state index in [-0.39, 0.29) is 5.91 Å². The van der Waals surface area contributed by atoms with Gasteiger partial charge in [0.15, 0.2) is 0 Å². The molecule has 0 fully saturated rings. The SMILES string of the molecule is Cc1ccc(C=O)c2c1NC(=O)CC2. The maximum absolute atomic E-state index is 11.2. The Morgan fingerprint density at radius 2 is 2.14 bits per heavy atom. The van der Waals surface area contributed by atoms with E-state index >= 15 is 0 Å². The molecule has 1 aromatic carbocycles. The molecule has 0 unspecified atom stereocenters. The fraction of sp³-hybridized carbons (Fsp3) is 0.273. The lowest BCUT2D eigenvalue weighted by molar-refractivity contribution is -0.116. The number of fused-ring (bicyclic) bond motifs is 1. The van der Waals surface area contributed by atoms with Gasteiger partial charge >= 0.3 is 0 Å². The van der Waals surface area contributed by atoms with E-state index in [2.05, 4.69) is 5.32 Å². The van der Waals surface area contributed by atoms with Gasteiger partial charge in [-0.15, -0.1) is 0 Å². The van der Waals surface area contributed by atoms with Gasteiger partial charge in [0.2, 0.25) is 5.91 Å². The number of nitrogens with one attached hydrogen (secondary N) is 1. The fourth-order valence-corrected chi connectivity index (χ4v) is 1.78. The summed E-state index contributed by atoms with van der Waals surface area (Å²) in [5.74, 6) is 0.0312. The van der Waals surface area contributed by atoms with Gasteiger partial charge in [-0.05, 0) is 24.5 Å². The van der Waals surface area contributed by atoms with Crippen LogP contribution < -0.4 is 5.32 Å². The molecular formula is C11H11NO2. The smallest absolute Gasteiger partial charge is 0.224 e. The first kappa shape index (κ1) is 8.94. The highest BCUT2D eigenvalue weighted by molar-refractivity contribution is 5.97. The van der Waals surface area contributed by atoms with Crippen LogP contribution in [0, 0.1) is 6.92 Å². The molecule has 0 spiro atoms. The fourth-order valence-electron chi connectivity index (χ4n) is 1.78. The van der Waals surface area contributed by atoms with Crippen molar-refractivity contribution in [2.75, 3.05) is 5.32 Å². The van der Waals surface area contributed by atoms with Crippen molar-refractivity contribution in [1.29, 1.82) is 0 Å². The zero-order valence-electron chi connectivity index (χ0n) is 7.96. The number of carbonyl (C=O) groups excluding carboxylic acids is 2. The Labute approximate surface area is 82.1 Å². The van der Waals surface area contributed by atoms with E-state index in [4.69, 9.17) is 0 Å². The molecule has 0 aromatic heterocycles.